The van der Waals surface area contributed by atoms with Gasteiger partial charge < -0.3 is 0 Å². The molecule has 0 aliphatic heterocycles. The first kappa shape index (κ1) is 11.6. The van der Waals surface area contributed by atoms with E-state index >= 15 is 0 Å². The van der Waals surface area contributed by atoms with Gasteiger partial charge >= 0.3 is 26.1 Å². The summed E-state index contributed by atoms with van der Waals surface area (Å²) < 4.78 is 85.1. The molecule has 0 saturated heterocycles. The van der Waals surface area contributed by atoms with E-state index in [1.807, 2.05) is 0 Å². The number of alkyl halides is 3. The molecular weight excluding hydrogens is 232 g/mol. The molecule has 0 unspecified atom stereocenters. The molecule has 0 rings (SSSR count). The number of hydrogen-bond donors (Lipinski definition) is 0. The summed E-state index contributed by atoms with van der Waals surface area (Å²) in [4.78, 5) is 0. The molecule has 5 nitrogen and oxygen atoms in total. The van der Waals surface area contributed by atoms with E-state index in [4.69, 9.17) is 0 Å². The Balaban J connectivity index is 4.96. The zero-order valence-corrected chi connectivity index (χ0v) is 6.50. The molecule has 11 heteroatoms. The molecule has 74 valence electrons. The Morgan fingerprint density at radius 2 is 1.33 bits per heavy atom. The normalized spacial score (nSPS) is 14.7. The van der Waals surface area contributed by atoms with E-state index in [2.05, 4.69) is 3.63 Å². The lowest BCUT2D eigenvalue weighted by Gasteiger charge is -2.03. The van der Waals surface area contributed by atoms with Crippen molar-refractivity contribution in [1.29, 1.82) is 0 Å². The molecule has 0 radical (unpaired) electrons. The zero-order chi connectivity index (χ0) is 10.2. The quantitative estimate of drug-likeness (QED) is 0.382. The van der Waals surface area contributed by atoms with Crippen molar-refractivity contribution in [2.24, 2.45) is 0 Å². The Hall–Kier alpha value is -0.420. The zero-order valence-electron chi connectivity index (χ0n) is 4.87. The summed E-state index contributed by atoms with van der Waals surface area (Å²) in [6.45, 7) is 0. The fraction of sp³-hybridized carbons (Fsp3) is 1.00. The van der Waals surface area contributed by atoms with Crippen molar-refractivity contribution in [3.05, 3.63) is 0 Å². The van der Waals surface area contributed by atoms with Gasteiger partial charge in [0.25, 0.3) is 0 Å². The lowest BCUT2D eigenvalue weighted by molar-refractivity contribution is -0.0500. The maximum atomic E-state index is 11.3. The van der Waals surface area contributed by atoms with Crippen LogP contribution in [-0.2, 0) is 24.3 Å². The van der Waals surface area contributed by atoms with Crippen LogP contribution >= 0.6 is 0 Å². The summed E-state index contributed by atoms with van der Waals surface area (Å²) in [7, 11) is -12.6. The first-order chi connectivity index (χ1) is 4.96. The molecule has 0 fully saturated rings. The Bertz CT molecular complexity index is 345. The number of hydrogen-bond acceptors (Lipinski definition) is 5. The Labute approximate surface area is 64.5 Å². The van der Waals surface area contributed by atoms with Gasteiger partial charge in [0.2, 0.25) is 0 Å². The van der Waals surface area contributed by atoms with Gasteiger partial charge in [-0.3, -0.25) is 0 Å². The van der Waals surface area contributed by atoms with Crippen molar-refractivity contribution in [1.82, 2.24) is 0 Å². The average molecular weight is 232 g/mol. The number of halogens is 4. The Morgan fingerprint density at radius 3 is 1.42 bits per heavy atom. The van der Waals surface area contributed by atoms with Crippen molar-refractivity contribution in [3.63, 3.8) is 0 Å². The molecule has 12 heavy (non-hydrogen) atoms. The van der Waals surface area contributed by atoms with Crippen molar-refractivity contribution in [3.8, 4) is 0 Å². The third kappa shape index (κ3) is 3.32. The third-order valence-electron chi connectivity index (χ3n) is 0.454. The predicted octanol–water partition coefficient (Wildman–Crippen LogP) is 0.0669. The van der Waals surface area contributed by atoms with Crippen molar-refractivity contribution in [2.45, 2.75) is 5.51 Å². The largest absolute Gasteiger partial charge is 0.524 e. The topological polar surface area (TPSA) is 77.5 Å². The molecule has 0 saturated carbocycles. The fourth-order valence-corrected chi connectivity index (χ4v) is 1.31. The van der Waals surface area contributed by atoms with Crippen LogP contribution in [0.4, 0.5) is 17.1 Å². The van der Waals surface area contributed by atoms with Gasteiger partial charge in [-0.15, -0.1) is 3.63 Å². The van der Waals surface area contributed by atoms with Gasteiger partial charge in [0.1, 0.15) is 0 Å². The maximum Gasteiger partial charge on any atom is 0.524 e. The van der Waals surface area contributed by atoms with E-state index < -0.39 is 26.1 Å². The van der Waals surface area contributed by atoms with Crippen molar-refractivity contribution in [2.75, 3.05) is 0 Å². The van der Waals surface area contributed by atoms with Gasteiger partial charge in [-0.2, -0.15) is 30.0 Å². The minimum atomic E-state index is -6.42. The minimum Gasteiger partial charge on any atom is -0.188 e. The summed E-state index contributed by atoms with van der Waals surface area (Å²) >= 11 is 0. The highest BCUT2D eigenvalue weighted by atomic mass is 32.3. The van der Waals surface area contributed by atoms with Crippen LogP contribution in [0.3, 0.4) is 0 Å². The summed E-state index contributed by atoms with van der Waals surface area (Å²) in [6.07, 6.45) is 0. The van der Waals surface area contributed by atoms with Gasteiger partial charge in [-0.25, -0.2) is 0 Å². The highest BCUT2D eigenvalue weighted by molar-refractivity contribution is 7.98. The van der Waals surface area contributed by atoms with Gasteiger partial charge in [0.15, 0.2) is 0 Å². The Kier molecular flexibility index (Phi) is 2.71. The van der Waals surface area contributed by atoms with Crippen LogP contribution in [0.5, 0.6) is 0 Å². The summed E-state index contributed by atoms with van der Waals surface area (Å²) in [5, 5.41) is 0. The molecule has 0 aliphatic rings. The standard InChI is InChI=1S/CF4O5S2/c2-1(3,4)11(6,7)10-12(5,8)9. The van der Waals surface area contributed by atoms with Crippen LogP contribution in [0.1, 0.15) is 0 Å². The molecule has 0 aromatic carbocycles. The van der Waals surface area contributed by atoms with Gasteiger partial charge in [-0.05, 0) is 0 Å². The second kappa shape index (κ2) is 2.81. The second-order valence-electron chi connectivity index (χ2n) is 1.36. The van der Waals surface area contributed by atoms with Crippen LogP contribution in [0.25, 0.3) is 0 Å². The van der Waals surface area contributed by atoms with Crippen LogP contribution in [0, 0.1) is 0 Å². The second-order valence-corrected chi connectivity index (χ2v) is 4.06. The molecule has 0 atom stereocenters. The lowest BCUT2D eigenvalue weighted by atomic mass is 11.6. The molecule has 0 N–H and O–H groups in total. The maximum absolute atomic E-state index is 11.3. The van der Waals surface area contributed by atoms with Gasteiger partial charge in [-0.1, -0.05) is 3.89 Å². The molecular formula is CF4O5S2. The van der Waals surface area contributed by atoms with E-state index in [9.17, 15) is 33.9 Å². The molecule has 0 aliphatic carbocycles. The number of rotatable bonds is 2. The molecule has 0 bridgehead atoms. The first-order valence-electron chi connectivity index (χ1n) is 1.93. The van der Waals surface area contributed by atoms with Crippen LogP contribution in [-0.4, -0.2) is 22.3 Å². The van der Waals surface area contributed by atoms with Gasteiger partial charge in [0, 0.05) is 0 Å². The van der Waals surface area contributed by atoms with E-state index in [-0.39, 0.29) is 0 Å². The predicted molar refractivity (Wildman–Crippen MR) is 26.1 cm³/mol. The van der Waals surface area contributed by atoms with Crippen molar-refractivity contribution < 1.29 is 37.5 Å². The van der Waals surface area contributed by atoms with Gasteiger partial charge in [0.05, 0.1) is 0 Å². The lowest BCUT2D eigenvalue weighted by Crippen LogP contribution is -2.26. The van der Waals surface area contributed by atoms with Crippen LogP contribution in [0.2, 0.25) is 0 Å². The van der Waals surface area contributed by atoms with E-state index in [0.29, 0.717) is 0 Å². The molecule has 0 aromatic rings. The van der Waals surface area contributed by atoms with Crippen LogP contribution < -0.4 is 0 Å². The molecule has 0 amide bonds. The van der Waals surface area contributed by atoms with E-state index in [0.717, 1.165) is 0 Å². The van der Waals surface area contributed by atoms with Crippen LogP contribution in [0.15, 0.2) is 0 Å². The first-order valence-corrected chi connectivity index (χ1v) is 4.64. The monoisotopic (exact) mass is 232 g/mol. The average Bonchev–Trinajstić information content (AvgIpc) is 1.52. The molecule has 0 heterocycles. The third-order valence-corrected chi connectivity index (χ3v) is 2.39. The summed E-state index contributed by atoms with van der Waals surface area (Å²) in [5.41, 5.74) is -5.97. The van der Waals surface area contributed by atoms with E-state index in [1.165, 1.54) is 0 Å². The fourth-order valence-electron chi connectivity index (χ4n) is 0.146. The minimum absolute atomic E-state index is 2.14. The van der Waals surface area contributed by atoms with E-state index in [1.54, 1.807) is 0 Å². The SMILES string of the molecule is O=S(=O)(F)OS(=O)(=O)C(F)(F)F. The Morgan fingerprint density at radius 1 is 1.00 bits per heavy atom. The highest BCUT2D eigenvalue weighted by Gasteiger charge is 2.50. The highest BCUT2D eigenvalue weighted by Crippen LogP contribution is 2.26. The summed E-state index contributed by atoms with van der Waals surface area (Å²) in [6, 6.07) is 0. The molecule has 0 spiro atoms. The molecule has 0 aromatic heterocycles. The summed E-state index contributed by atoms with van der Waals surface area (Å²) in [5.74, 6) is 0. The smallest absolute Gasteiger partial charge is 0.188 e. The van der Waals surface area contributed by atoms with Crippen molar-refractivity contribution >= 4 is 20.6 Å².